The minimum Gasteiger partial charge on any atom is -0.350 e. The number of aromatic nitrogens is 4. The molecule has 1 unspecified atom stereocenters. The average molecular weight is 367 g/mol. The third-order valence-electron chi connectivity index (χ3n) is 5.75. The van der Waals surface area contributed by atoms with Gasteiger partial charge in [0.1, 0.15) is 0 Å². The molecule has 3 heterocycles. The maximum Gasteiger partial charge on any atom is 0.267 e. The highest BCUT2D eigenvalue weighted by molar-refractivity contribution is 5.40. The van der Waals surface area contributed by atoms with Crippen LogP contribution in [-0.2, 0) is 24.8 Å². The van der Waals surface area contributed by atoms with E-state index in [0.717, 1.165) is 61.4 Å². The zero-order chi connectivity index (χ0) is 19.0. The number of fused-ring (bicyclic) bond motifs is 1. The van der Waals surface area contributed by atoms with Crippen molar-refractivity contribution in [3.05, 3.63) is 45.5 Å². The lowest BCUT2D eigenvalue weighted by atomic mass is 9.92. The molecule has 2 aliphatic rings. The number of nitrogens with zero attached hydrogens (tertiary/aromatic N) is 5. The lowest BCUT2D eigenvalue weighted by Crippen LogP contribution is -2.38. The second-order valence-electron chi connectivity index (χ2n) is 8.86. The van der Waals surface area contributed by atoms with Crippen molar-refractivity contribution in [1.29, 1.82) is 0 Å². The molecule has 1 saturated heterocycles. The average Bonchev–Trinajstić information content (AvgIpc) is 3.10. The first-order valence-corrected chi connectivity index (χ1v) is 10.1. The summed E-state index contributed by atoms with van der Waals surface area (Å²) < 4.78 is 1.67. The lowest BCUT2D eigenvalue weighted by molar-refractivity contribution is 0.471. The van der Waals surface area contributed by atoms with Crippen molar-refractivity contribution in [3.8, 4) is 0 Å². The Morgan fingerprint density at radius 2 is 1.93 bits per heavy atom. The van der Waals surface area contributed by atoms with E-state index in [1.807, 2.05) is 0 Å². The van der Waals surface area contributed by atoms with Crippen LogP contribution in [0.2, 0.25) is 0 Å². The van der Waals surface area contributed by atoms with Gasteiger partial charge in [0, 0.05) is 18.0 Å². The van der Waals surface area contributed by atoms with Gasteiger partial charge in [-0.3, -0.25) is 4.79 Å². The highest BCUT2D eigenvalue weighted by Gasteiger charge is 2.28. The van der Waals surface area contributed by atoms with Gasteiger partial charge in [0.2, 0.25) is 0 Å². The second-order valence-corrected chi connectivity index (χ2v) is 8.86. The predicted molar refractivity (Wildman–Crippen MR) is 106 cm³/mol. The van der Waals surface area contributed by atoms with Crippen LogP contribution in [0.5, 0.6) is 0 Å². The molecule has 1 aliphatic heterocycles. The fourth-order valence-corrected chi connectivity index (χ4v) is 4.14. The van der Waals surface area contributed by atoms with E-state index in [4.69, 9.17) is 5.10 Å². The molecule has 0 N–H and O–H groups in total. The van der Waals surface area contributed by atoms with Gasteiger partial charge in [-0.25, -0.2) is 4.68 Å². The fourth-order valence-electron chi connectivity index (χ4n) is 4.14. The zero-order valence-corrected chi connectivity index (χ0v) is 16.6. The van der Waals surface area contributed by atoms with Crippen molar-refractivity contribution in [3.63, 3.8) is 0 Å². The van der Waals surface area contributed by atoms with Crippen LogP contribution < -0.4 is 10.5 Å². The molecule has 0 aromatic carbocycles. The Kier molecular flexibility index (Phi) is 4.74. The van der Waals surface area contributed by atoms with E-state index >= 15 is 0 Å². The van der Waals surface area contributed by atoms with E-state index in [0.29, 0.717) is 6.54 Å². The Bertz CT molecular complexity index is 866. The van der Waals surface area contributed by atoms with Crippen molar-refractivity contribution in [2.24, 2.45) is 0 Å². The molecule has 2 aromatic heterocycles. The van der Waals surface area contributed by atoms with E-state index in [-0.39, 0.29) is 17.0 Å². The maximum absolute atomic E-state index is 12.5. The van der Waals surface area contributed by atoms with E-state index in [9.17, 15) is 4.79 Å². The van der Waals surface area contributed by atoms with Gasteiger partial charge in [-0.2, -0.15) is 10.2 Å². The molecule has 1 aliphatic carbocycles. The largest absolute Gasteiger partial charge is 0.350 e. The maximum atomic E-state index is 12.5. The first-order valence-electron chi connectivity index (χ1n) is 10.1. The highest BCUT2D eigenvalue weighted by Crippen LogP contribution is 2.26. The van der Waals surface area contributed by atoms with E-state index in [2.05, 4.69) is 48.0 Å². The van der Waals surface area contributed by atoms with E-state index in [1.54, 1.807) is 10.7 Å². The van der Waals surface area contributed by atoms with E-state index < -0.39 is 0 Å². The number of hydrogen-bond acceptors (Lipinski definition) is 5. The molecule has 2 aromatic rings. The minimum absolute atomic E-state index is 0.00367. The Morgan fingerprint density at radius 1 is 1.11 bits per heavy atom. The standard InChI is InChI=1S/C21H29N5O/c1-21(2,3)18-10-11-19(23-22-18)25-12-6-8-16(25)14-26-20(27)13-15-7-4-5-9-17(15)24-26/h10-11,13,16H,4-9,12,14H2,1-3H3. The van der Waals surface area contributed by atoms with Crippen LogP contribution in [-0.4, -0.2) is 32.6 Å². The molecule has 0 bridgehead atoms. The van der Waals surface area contributed by atoms with Crippen molar-refractivity contribution >= 4 is 5.82 Å². The lowest BCUT2D eigenvalue weighted by Gasteiger charge is -2.26. The van der Waals surface area contributed by atoms with Crippen LogP contribution in [0, 0.1) is 0 Å². The normalized spacial score (nSPS) is 20.0. The van der Waals surface area contributed by atoms with Crippen LogP contribution in [0.1, 0.15) is 63.4 Å². The number of aryl methyl sites for hydroxylation is 2. The summed E-state index contributed by atoms with van der Waals surface area (Å²) >= 11 is 0. The summed E-state index contributed by atoms with van der Waals surface area (Å²) in [5.41, 5.74) is 3.27. The SMILES string of the molecule is CC(C)(C)c1ccc(N2CCCC2Cn2nc3c(cc2=O)CCCC3)nn1. The summed E-state index contributed by atoms with van der Waals surface area (Å²) in [5, 5.41) is 13.6. The monoisotopic (exact) mass is 367 g/mol. The van der Waals surface area contributed by atoms with Crippen molar-refractivity contribution in [2.45, 2.75) is 77.3 Å². The topological polar surface area (TPSA) is 63.9 Å². The van der Waals surface area contributed by atoms with Gasteiger partial charge in [-0.15, -0.1) is 5.10 Å². The Morgan fingerprint density at radius 3 is 2.67 bits per heavy atom. The molecule has 1 atom stereocenters. The number of hydrogen-bond donors (Lipinski definition) is 0. The molecule has 1 fully saturated rings. The molecule has 0 radical (unpaired) electrons. The molecule has 6 nitrogen and oxygen atoms in total. The summed E-state index contributed by atoms with van der Waals surface area (Å²) in [6.07, 6.45) is 6.47. The summed E-state index contributed by atoms with van der Waals surface area (Å²) in [7, 11) is 0. The molecule has 144 valence electrons. The first-order chi connectivity index (χ1) is 12.9. The van der Waals surface area contributed by atoms with Crippen molar-refractivity contribution in [1.82, 2.24) is 20.0 Å². The highest BCUT2D eigenvalue weighted by atomic mass is 16.1. The smallest absolute Gasteiger partial charge is 0.267 e. The molecule has 4 rings (SSSR count). The van der Waals surface area contributed by atoms with Crippen LogP contribution in [0.4, 0.5) is 5.82 Å². The van der Waals surface area contributed by atoms with Gasteiger partial charge in [0.25, 0.3) is 5.56 Å². The minimum atomic E-state index is -0.00367. The summed E-state index contributed by atoms with van der Waals surface area (Å²) in [4.78, 5) is 14.8. The van der Waals surface area contributed by atoms with E-state index in [1.165, 1.54) is 6.42 Å². The Labute approximate surface area is 160 Å². The quantitative estimate of drug-likeness (QED) is 0.835. The third-order valence-corrected chi connectivity index (χ3v) is 5.75. The Hall–Kier alpha value is -2.24. The number of anilines is 1. The molecule has 27 heavy (non-hydrogen) atoms. The predicted octanol–water partition coefficient (Wildman–Crippen LogP) is 2.88. The third kappa shape index (κ3) is 3.75. The summed E-state index contributed by atoms with van der Waals surface area (Å²) in [6, 6.07) is 6.18. The molecular formula is C21H29N5O. The molecule has 0 amide bonds. The van der Waals surface area contributed by atoms with Gasteiger partial charge in [0.15, 0.2) is 5.82 Å². The van der Waals surface area contributed by atoms with Gasteiger partial charge >= 0.3 is 0 Å². The first kappa shape index (κ1) is 18.1. The number of rotatable bonds is 3. The van der Waals surface area contributed by atoms with Crippen LogP contribution in [0.15, 0.2) is 23.0 Å². The summed E-state index contributed by atoms with van der Waals surface area (Å²) in [5.74, 6) is 0.900. The van der Waals surface area contributed by atoms with Crippen LogP contribution >= 0.6 is 0 Å². The van der Waals surface area contributed by atoms with Gasteiger partial charge in [0.05, 0.1) is 24.0 Å². The van der Waals surface area contributed by atoms with Gasteiger partial charge in [-0.05, 0) is 56.2 Å². The van der Waals surface area contributed by atoms with Crippen molar-refractivity contribution in [2.75, 3.05) is 11.4 Å². The van der Waals surface area contributed by atoms with Gasteiger partial charge < -0.3 is 4.90 Å². The fraction of sp³-hybridized carbons (Fsp3) is 0.619. The molecule has 0 saturated carbocycles. The second kappa shape index (κ2) is 7.06. The molecular weight excluding hydrogens is 338 g/mol. The molecule has 6 heteroatoms. The van der Waals surface area contributed by atoms with Crippen molar-refractivity contribution < 1.29 is 0 Å². The Balaban J connectivity index is 1.55. The van der Waals surface area contributed by atoms with Crippen LogP contribution in [0.3, 0.4) is 0 Å². The van der Waals surface area contributed by atoms with Gasteiger partial charge in [-0.1, -0.05) is 20.8 Å². The zero-order valence-electron chi connectivity index (χ0n) is 16.6. The molecule has 0 spiro atoms. The van der Waals surface area contributed by atoms with Crippen LogP contribution in [0.25, 0.3) is 0 Å². The summed E-state index contributed by atoms with van der Waals surface area (Å²) in [6.45, 7) is 8.00.